The van der Waals surface area contributed by atoms with Gasteiger partial charge in [-0.25, -0.2) is 0 Å². The van der Waals surface area contributed by atoms with Crippen LogP contribution in [0.3, 0.4) is 0 Å². The second-order valence-corrected chi connectivity index (χ2v) is 10.1. The summed E-state index contributed by atoms with van der Waals surface area (Å²) < 4.78 is 0. The van der Waals surface area contributed by atoms with Crippen molar-refractivity contribution in [1.82, 2.24) is 10.2 Å². The van der Waals surface area contributed by atoms with Gasteiger partial charge < -0.3 is 10.2 Å². The van der Waals surface area contributed by atoms with Crippen molar-refractivity contribution in [2.75, 3.05) is 0 Å². The zero-order valence-corrected chi connectivity index (χ0v) is 22.2. The van der Waals surface area contributed by atoms with E-state index in [1.165, 1.54) is 0 Å². The van der Waals surface area contributed by atoms with Crippen LogP contribution in [0.5, 0.6) is 0 Å². The largest absolute Gasteiger partial charge is 0.352 e. The Kier molecular flexibility index (Phi) is 9.36. The van der Waals surface area contributed by atoms with Gasteiger partial charge in [0, 0.05) is 29.1 Å². The van der Waals surface area contributed by atoms with E-state index in [0.29, 0.717) is 16.5 Å². The molecule has 0 spiro atoms. The maximum absolute atomic E-state index is 13.8. The van der Waals surface area contributed by atoms with Crippen LogP contribution >= 0.6 is 23.2 Å². The molecule has 6 heteroatoms. The van der Waals surface area contributed by atoms with E-state index < -0.39 is 6.04 Å². The molecule has 0 saturated heterocycles. The first-order valence-electron chi connectivity index (χ1n) is 11.8. The molecule has 1 atom stereocenters. The van der Waals surface area contributed by atoms with Crippen molar-refractivity contribution in [2.45, 2.75) is 59.2 Å². The van der Waals surface area contributed by atoms with E-state index in [4.69, 9.17) is 23.2 Å². The molecule has 0 unspecified atom stereocenters. The minimum atomic E-state index is -0.704. The molecule has 1 N–H and O–H groups in total. The Labute approximate surface area is 218 Å². The summed E-state index contributed by atoms with van der Waals surface area (Å²) in [6.45, 7) is 8.05. The fraction of sp³-hybridized carbons (Fsp3) is 0.310. The first-order valence-corrected chi connectivity index (χ1v) is 12.5. The zero-order chi connectivity index (χ0) is 25.5. The highest BCUT2D eigenvalue weighted by atomic mass is 35.5. The Hall–Kier alpha value is -2.82. The zero-order valence-electron chi connectivity index (χ0n) is 20.6. The van der Waals surface area contributed by atoms with Gasteiger partial charge in [-0.1, -0.05) is 88.9 Å². The van der Waals surface area contributed by atoms with Crippen molar-refractivity contribution >= 4 is 35.0 Å². The highest BCUT2D eigenvalue weighted by Gasteiger charge is 2.31. The summed E-state index contributed by atoms with van der Waals surface area (Å²) in [4.78, 5) is 28.9. The van der Waals surface area contributed by atoms with Gasteiger partial charge in [0.1, 0.15) is 6.04 Å². The topological polar surface area (TPSA) is 49.4 Å². The standard InChI is InChI=1S/C29H32Cl2N2O2/c1-19(2)32-29(35)27(15-22-8-6-5-7-9-22)33(18-24-10-11-25(30)17-26(24)31)28(34)16-23-13-20(3)12-21(4)14-23/h5-14,17,19,27H,15-16,18H2,1-4H3,(H,32,35)/t27-/m0/s1. The van der Waals surface area contributed by atoms with Crippen LogP contribution in [0.15, 0.2) is 66.7 Å². The lowest BCUT2D eigenvalue weighted by Gasteiger charge is -2.32. The highest BCUT2D eigenvalue weighted by Crippen LogP contribution is 2.25. The summed E-state index contributed by atoms with van der Waals surface area (Å²) in [6.07, 6.45) is 0.581. The predicted octanol–water partition coefficient (Wildman–Crippen LogP) is 6.32. The molecular weight excluding hydrogens is 479 g/mol. The van der Waals surface area contributed by atoms with Gasteiger partial charge in [0.15, 0.2) is 0 Å². The molecule has 0 aliphatic heterocycles. The average Bonchev–Trinajstić information content (AvgIpc) is 2.77. The third kappa shape index (κ3) is 7.84. The molecule has 0 aliphatic rings. The fourth-order valence-corrected chi connectivity index (χ4v) is 4.68. The molecule has 0 heterocycles. The number of nitrogens with zero attached hydrogens (tertiary/aromatic N) is 1. The lowest BCUT2D eigenvalue weighted by molar-refractivity contribution is -0.141. The second-order valence-electron chi connectivity index (χ2n) is 9.30. The van der Waals surface area contributed by atoms with E-state index >= 15 is 0 Å². The number of hydrogen-bond acceptors (Lipinski definition) is 2. The van der Waals surface area contributed by atoms with Gasteiger partial charge in [-0.2, -0.15) is 0 Å². The number of hydrogen-bond donors (Lipinski definition) is 1. The van der Waals surface area contributed by atoms with Crippen molar-refractivity contribution in [3.8, 4) is 0 Å². The second kappa shape index (κ2) is 12.2. The molecule has 2 amide bonds. The predicted molar refractivity (Wildman–Crippen MR) is 144 cm³/mol. The highest BCUT2D eigenvalue weighted by molar-refractivity contribution is 6.35. The van der Waals surface area contributed by atoms with Gasteiger partial charge >= 0.3 is 0 Å². The Morgan fingerprint density at radius 1 is 0.886 bits per heavy atom. The number of carbonyl (C=O) groups is 2. The minimum Gasteiger partial charge on any atom is -0.352 e. The summed E-state index contributed by atoms with van der Waals surface area (Å²) in [5.74, 6) is -0.330. The van der Waals surface area contributed by atoms with Crippen molar-refractivity contribution in [3.63, 3.8) is 0 Å². The van der Waals surface area contributed by atoms with E-state index in [1.54, 1.807) is 17.0 Å². The molecule has 3 aromatic rings. The lowest BCUT2D eigenvalue weighted by Crippen LogP contribution is -2.52. The number of carbonyl (C=O) groups excluding carboxylic acids is 2. The van der Waals surface area contributed by atoms with Gasteiger partial charge in [-0.15, -0.1) is 0 Å². The summed E-state index contributed by atoms with van der Waals surface area (Å²) in [6, 6.07) is 20.3. The van der Waals surface area contributed by atoms with E-state index in [9.17, 15) is 9.59 Å². The molecule has 0 radical (unpaired) electrons. The van der Waals surface area contributed by atoms with Gasteiger partial charge in [0.05, 0.1) is 6.42 Å². The lowest BCUT2D eigenvalue weighted by atomic mass is 10.00. The molecule has 0 bridgehead atoms. The Balaban J connectivity index is 2.02. The number of aryl methyl sites for hydroxylation is 2. The number of halogens is 2. The van der Waals surface area contributed by atoms with Crippen LogP contribution < -0.4 is 5.32 Å². The number of rotatable bonds is 9. The summed E-state index contributed by atoms with van der Waals surface area (Å²) >= 11 is 12.6. The first kappa shape index (κ1) is 26.8. The quantitative estimate of drug-likeness (QED) is 0.366. The molecule has 0 aliphatic carbocycles. The van der Waals surface area contributed by atoms with Crippen molar-refractivity contribution in [2.24, 2.45) is 0 Å². The molecule has 3 aromatic carbocycles. The number of benzene rings is 3. The Morgan fingerprint density at radius 3 is 2.14 bits per heavy atom. The SMILES string of the molecule is Cc1cc(C)cc(CC(=O)N(Cc2ccc(Cl)cc2Cl)[C@@H](Cc2ccccc2)C(=O)NC(C)C)c1. The third-order valence-corrected chi connectivity index (χ3v) is 6.28. The number of amides is 2. The third-order valence-electron chi connectivity index (χ3n) is 5.69. The van der Waals surface area contributed by atoms with E-state index in [0.717, 1.165) is 27.8 Å². The van der Waals surface area contributed by atoms with Gasteiger partial charge in [-0.05, 0) is 56.5 Å². The summed E-state index contributed by atoms with van der Waals surface area (Å²) in [5, 5.41) is 3.98. The minimum absolute atomic E-state index is 0.0590. The number of nitrogens with one attached hydrogen (secondary N) is 1. The maximum atomic E-state index is 13.8. The molecular formula is C29H32Cl2N2O2. The molecule has 4 nitrogen and oxygen atoms in total. The molecule has 0 fully saturated rings. The van der Waals surface area contributed by atoms with E-state index in [1.807, 2.05) is 76.2 Å². The molecule has 3 rings (SSSR count). The van der Waals surface area contributed by atoms with E-state index in [2.05, 4.69) is 11.4 Å². The van der Waals surface area contributed by atoms with Gasteiger partial charge in [0.25, 0.3) is 0 Å². The average molecular weight is 511 g/mol. The van der Waals surface area contributed by atoms with Crippen LogP contribution in [0, 0.1) is 13.8 Å². The fourth-order valence-electron chi connectivity index (χ4n) is 4.22. The molecule has 0 saturated carbocycles. The normalized spacial score (nSPS) is 11.9. The van der Waals surface area contributed by atoms with Gasteiger partial charge in [0.2, 0.25) is 11.8 Å². The van der Waals surface area contributed by atoms with Crippen molar-refractivity contribution in [1.29, 1.82) is 0 Å². The van der Waals surface area contributed by atoms with Crippen LogP contribution in [-0.2, 0) is 29.0 Å². The first-order chi connectivity index (χ1) is 16.6. The van der Waals surface area contributed by atoms with Crippen molar-refractivity contribution < 1.29 is 9.59 Å². The van der Waals surface area contributed by atoms with E-state index in [-0.39, 0.29) is 30.8 Å². The summed E-state index contributed by atoms with van der Waals surface area (Å²) in [5.41, 5.74) is 4.82. The van der Waals surface area contributed by atoms with Gasteiger partial charge in [-0.3, -0.25) is 9.59 Å². The molecule has 35 heavy (non-hydrogen) atoms. The van der Waals surface area contributed by atoms with Crippen LogP contribution in [0.4, 0.5) is 0 Å². The maximum Gasteiger partial charge on any atom is 0.243 e. The Morgan fingerprint density at radius 2 is 1.54 bits per heavy atom. The monoisotopic (exact) mass is 510 g/mol. The van der Waals surface area contributed by atoms with Crippen molar-refractivity contribution in [3.05, 3.63) is 105 Å². The molecule has 184 valence electrons. The van der Waals surface area contributed by atoms with Crippen LogP contribution in [0.25, 0.3) is 0 Å². The Bertz CT molecular complexity index is 1160. The van der Waals surface area contributed by atoms with Crippen LogP contribution in [0.1, 0.15) is 41.7 Å². The summed E-state index contributed by atoms with van der Waals surface area (Å²) in [7, 11) is 0. The smallest absolute Gasteiger partial charge is 0.243 e. The molecule has 0 aromatic heterocycles. The van der Waals surface area contributed by atoms with Crippen LogP contribution in [0.2, 0.25) is 10.0 Å². The van der Waals surface area contributed by atoms with Crippen LogP contribution in [-0.4, -0.2) is 28.8 Å².